The van der Waals surface area contributed by atoms with Crippen molar-refractivity contribution in [3.8, 4) is 0 Å². The number of H-pyrrole nitrogens is 2. The van der Waals surface area contributed by atoms with Gasteiger partial charge in [0.1, 0.15) is 11.6 Å². The Morgan fingerprint density at radius 1 is 0.522 bits per heavy atom. The number of aromatic nitrogens is 4. The molecule has 4 amide bonds. The highest BCUT2D eigenvalue weighted by atomic mass is 16.2. The molecule has 0 bridgehead atoms. The smallest absolute Gasteiger partial charge is 0.324 e. The van der Waals surface area contributed by atoms with E-state index in [1.54, 1.807) is 0 Å². The van der Waals surface area contributed by atoms with Crippen LogP contribution in [0, 0.1) is 0 Å². The third-order valence-corrected chi connectivity index (χ3v) is 15.2. The summed E-state index contributed by atoms with van der Waals surface area (Å²) in [5, 5.41) is 0. The van der Waals surface area contributed by atoms with Gasteiger partial charge in [0.15, 0.2) is 0 Å². The lowest BCUT2D eigenvalue weighted by Gasteiger charge is -2.28. The Balaban J connectivity index is 0.723. The van der Waals surface area contributed by atoms with E-state index < -0.39 is 0 Å². The molecule has 0 radical (unpaired) electrons. The van der Waals surface area contributed by atoms with Crippen LogP contribution in [0.25, 0.3) is 22.1 Å². The Bertz CT molecular complexity index is 2750. The molecule has 13 heteroatoms. The molecule has 11 rings (SSSR count). The van der Waals surface area contributed by atoms with Crippen LogP contribution < -0.4 is 4.90 Å². The summed E-state index contributed by atoms with van der Waals surface area (Å²) in [6, 6.07) is 28.8. The Morgan fingerprint density at radius 3 is 1.58 bits per heavy atom. The first-order chi connectivity index (χ1) is 32.9. The number of rotatable bonds is 13. The standard InChI is InChI=1S/C54H64N10O3/c65-50(32-39-13-3-5-15-41(39)36-59-23-7-1-8-24-59)63-27-11-17-48(63)52-55-44-21-19-38(31-46(44)57-52)35-61-29-30-62(54(61)67)43-20-22-45-47(34-43)58-53(56-45)49-18-12-28-64(49)51(66)33-40-14-4-6-16-42(40)37-60-25-9-2-10-26-60/h3-6,13-16,19-22,31,34,48-49H,1-2,7-12,17-18,23-30,32-33,35-37H2,(H,55,57)(H,56,58)/t48-,49-/m1/s1. The number of piperidine rings is 2. The maximum absolute atomic E-state index is 14.0. The number of nitrogens with zero attached hydrogens (tertiary/aromatic N) is 8. The lowest BCUT2D eigenvalue weighted by atomic mass is 10.0. The number of imidazole rings is 2. The predicted molar refractivity (Wildman–Crippen MR) is 261 cm³/mol. The summed E-state index contributed by atoms with van der Waals surface area (Å²) >= 11 is 0. The number of hydrogen-bond acceptors (Lipinski definition) is 7. The molecule has 2 atom stereocenters. The van der Waals surface area contributed by atoms with Crippen molar-refractivity contribution in [3.63, 3.8) is 0 Å². The molecule has 0 saturated carbocycles. The number of aromatic amines is 2. The van der Waals surface area contributed by atoms with Gasteiger partial charge >= 0.3 is 6.03 Å². The van der Waals surface area contributed by atoms with E-state index in [-0.39, 0.29) is 29.9 Å². The van der Waals surface area contributed by atoms with Gasteiger partial charge in [0, 0.05) is 51.5 Å². The highest BCUT2D eigenvalue weighted by Gasteiger charge is 2.35. The molecule has 5 saturated heterocycles. The molecule has 4 aromatic carbocycles. The molecule has 348 valence electrons. The molecule has 5 aliphatic heterocycles. The van der Waals surface area contributed by atoms with E-state index in [0.717, 1.165) is 134 Å². The lowest BCUT2D eigenvalue weighted by molar-refractivity contribution is -0.132. The highest BCUT2D eigenvalue weighted by Crippen LogP contribution is 2.35. The van der Waals surface area contributed by atoms with Gasteiger partial charge in [0.2, 0.25) is 11.8 Å². The fourth-order valence-corrected chi connectivity index (χ4v) is 11.6. The summed E-state index contributed by atoms with van der Waals surface area (Å²) in [5.74, 6) is 1.94. The zero-order valence-corrected chi connectivity index (χ0v) is 38.8. The van der Waals surface area contributed by atoms with Gasteiger partial charge in [-0.05, 0) is 136 Å². The second-order valence-electron chi connectivity index (χ2n) is 19.7. The second-order valence-corrected chi connectivity index (χ2v) is 19.7. The van der Waals surface area contributed by atoms with Crippen LogP contribution in [0.4, 0.5) is 10.5 Å². The molecule has 2 aromatic heterocycles. The number of carbonyl (C=O) groups excluding carboxylic acids is 3. The average Bonchev–Trinajstić information content (AvgIpc) is 4.21. The molecule has 67 heavy (non-hydrogen) atoms. The maximum Gasteiger partial charge on any atom is 0.324 e. The summed E-state index contributed by atoms with van der Waals surface area (Å²) in [6.45, 7) is 9.45. The Morgan fingerprint density at radius 2 is 1.03 bits per heavy atom. The number of nitrogens with one attached hydrogen (secondary N) is 2. The summed E-state index contributed by atoms with van der Waals surface area (Å²) in [5.41, 5.74) is 10.1. The van der Waals surface area contributed by atoms with Crippen molar-refractivity contribution in [3.05, 3.63) is 124 Å². The molecule has 0 aliphatic carbocycles. The molecular weight excluding hydrogens is 837 g/mol. The first-order valence-corrected chi connectivity index (χ1v) is 25.1. The van der Waals surface area contributed by atoms with Crippen molar-refractivity contribution in [2.24, 2.45) is 0 Å². The third-order valence-electron chi connectivity index (χ3n) is 15.2. The van der Waals surface area contributed by atoms with Crippen LogP contribution in [-0.2, 0) is 42.1 Å². The van der Waals surface area contributed by atoms with Gasteiger partial charge in [-0.1, -0.05) is 67.4 Å². The number of benzene rings is 4. The van der Waals surface area contributed by atoms with Crippen molar-refractivity contribution < 1.29 is 14.4 Å². The minimum Gasteiger partial charge on any atom is -0.340 e. The van der Waals surface area contributed by atoms with E-state index >= 15 is 0 Å². The van der Waals surface area contributed by atoms with Crippen molar-refractivity contribution in [1.29, 1.82) is 0 Å². The topological polar surface area (TPSA) is 128 Å². The van der Waals surface area contributed by atoms with Gasteiger partial charge in [-0.25, -0.2) is 14.8 Å². The monoisotopic (exact) mass is 901 g/mol. The predicted octanol–water partition coefficient (Wildman–Crippen LogP) is 8.67. The van der Waals surface area contributed by atoms with Gasteiger partial charge in [0.05, 0.1) is 47.0 Å². The SMILES string of the molecule is O=C1N(Cc2ccc3nc([C@H]4CCCN4C(=O)Cc4ccccc4CN4CCCCC4)[nH]c3c2)CCN1c1ccc2nc([C@H]3CCCN3C(=O)Cc3ccccc3CN3CCCCC3)[nH]c2c1. The largest absolute Gasteiger partial charge is 0.340 e. The molecule has 7 heterocycles. The van der Waals surface area contributed by atoms with Gasteiger partial charge in [-0.15, -0.1) is 0 Å². The van der Waals surface area contributed by atoms with E-state index in [0.29, 0.717) is 32.5 Å². The molecule has 0 spiro atoms. The molecule has 6 aromatic rings. The quantitative estimate of drug-likeness (QED) is 0.119. The van der Waals surface area contributed by atoms with Gasteiger partial charge < -0.3 is 24.7 Å². The molecule has 0 unspecified atom stereocenters. The van der Waals surface area contributed by atoms with Gasteiger partial charge in [-0.3, -0.25) is 24.3 Å². The van der Waals surface area contributed by atoms with Crippen molar-refractivity contribution in [2.75, 3.05) is 57.3 Å². The minimum atomic E-state index is -0.105. The first kappa shape index (κ1) is 43.5. The van der Waals surface area contributed by atoms with Crippen LogP contribution in [0.15, 0.2) is 84.9 Å². The number of anilines is 1. The second kappa shape index (κ2) is 19.3. The summed E-state index contributed by atoms with van der Waals surface area (Å²) < 4.78 is 0. The van der Waals surface area contributed by atoms with Crippen LogP contribution >= 0.6 is 0 Å². The van der Waals surface area contributed by atoms with E-state index in [2.05, 4.69) is 74.4 Å². The summed E-state index contributed by atoms with van der Waals surface area (Å²) in [4.78, 5) is 71.8. The Hall–Kier alpha value is -6.05. The molecule has 2 N–H and O–H groups in total. The number of hydrogen-bond donors (Lipinski definition) is 2. The number of urea groups is 1. The molecular formula is C54H64N10O3. The normalized spacial score (nSPS) is 20.9. The third kappa shape index (κ3) is 9.32. The van der Waals surface area contributed by atoms with Crippen LogP contribution in [0.5, 0.6) is 0 Å². The molecule has 13 nitrogen and oxygen atoms in total. The lowest BCUT2D eigenvalue weighted by Crippen LogP contribution is -2.33. The Labute approximate surface area is 393 Å². The molecule has 5 aliphatic rings. The molecule has 5 fully saturated rings. The zero-order chi connectivity index (χ0) is 45.3. The minimum absolute atomic E-state index is 0.0322. The fraction of sp³-hybridized carbons (Fsp3) is 0.463. The fourth-order valence-electron chi connectivity index (χ4n) is 11.6. The summed E-state index contributed by atoms with van der Waals surface area (Å²) in [6.07, 6.45) is 12.0. The van der Waals surface area contributed by atoms with Crippen molar-refractivity contribution in [2.45, 2.75) is 109 Å². The first-order valence-electron chi connectivity index (χ1n) is 25.1. The Kier molecular flexibility index (Phi) is 12.5. The summed E-state index contributed by atoms with van der Waals surface area (Å²) in [7, 11) is 0. The van der Waals surface area contributed by atoms with Gasteiger partial charge in [0.25, 0.3) is 0 Å². The average molecular weight is 901 g/mol. The van der Waals surface area contributed by atoms with E-state index in [1.165, 1.54) is 49.7 Å². The van der Waals surface area contributed by atoms with Gasteiger partial charge in [-0.2, -0.15) is 0 Å². The zero-order valence-electron chi connectivity index (χ0n) is 38.8. The van der Waals surface area contributed by atoms with E-state index in [9.17, 15) is 14.4 Å². The van der Waals surface area contributed by atoms with Crippen LogP contribution in [0.3, 0.4) is 0 Å². The van der Waals surface area contributed by atoms with Crippen molar-refractivity contribution in [1.82, 2.24) is 44.4 Å². The van der Waals surface area contributed by atoms with Crippen LogP contribution in [-0.4, -0.2) is 115 Å². The number of amides is 4. The number of fused-ring (bicyclic) bond motifs is 2. The van der Waals surface area contributed by atoms with Crippen LogP contribution in [0.2, 0.25) is 0 Å². The number of carbonyl (C=O) groups is 3. The highest BCUT2D eigenvalue weighted by molar-refractivity contribution is 5.96. The van der Waals surface area contributed by atoms with Crippen molar-refractivity contribution >= 4 is 45.6 Å². The van der Waals surface area contributed by atoms with E-state index in [4.69, 9.17) is 9.97 Å². The number of likely N-dealkylation sites (tertiary alicyclic amines) is 4. The maximum atomic E-state index is 14.0. The van der Waals surface area contributed by atoms with Crippen LogP contribution in [0.1, 0.15) is 116 Å². The van der Waals surface area contributed by atoms with E-state index in [1.807, 2.05) is 49.9 Å².